The number of hydrogen-bond donors (Lipinski definition) is 2. The summed E-state index contributed by atoms with van der Waals surface area (Å²) in [4.78, 5) is 25.0. The van der Waals surface area contributed by atoms with Crippen molar-refractivity contribution < 1.29 is 32.4 Å². The summed E-state index contributed by atoms with van der Waals surface area (Å²) in [5.74, 6) is -1.91. The Morgan fingerprint density at radius 1 is 1.41 bits per heavy atom. The van der Waals surface area contributed by atoms with Gasteiger partial charge in [0, 0.05) is 12.1 Å². The lowest BCUT2D eigenvalue weighted by Crippen LogP contribution is -2.32. The van der Waals surface area contributed by atoms with E-state index in [0.717, 1.165) is 16.7 Å². The maximum Gasteiger partial charge on any atom is 0.344 e. The molecular formula is C16H17NO7S3. The monoisotopic (exact) mass is 431 g/mol. The molecule has 1 unspecified atom stereocenters. The molecule has 0 bridgehead atoms. The van der Waals surface area contributed by atoms with Crippen LogP contribution in [-0.2, 0) is 19.7 Å². The average molecular weight is 432 g/mol. The van der Waals surface area contributed by atoms with Gasteiger partial charge in [0.05, 0.1) is 10.7 Å². The largest absolute Gasteiger partial charge is 0.479 e. The highest BCUT2D eigenvalue weighted by atomic mass is 32.2. The van der Waals surface area contributed by atoms with E-state index < -0.39 is 33.9 Å². The van der Waals surface area contributed by atoms with Gasteiger partial charge in [0.2, 0.25) is 0 Å². The molecule has 1 aromatic carbocycles. The third kappa shape index (κ3) is 5.76. The number of para-hydroxylation sites is 1. The van der Waals surface area contributed by atoms with Crippen molar-refractivity contribution in [2.45, 2.75) is 19.4 Å². The summed E-state index contributed by atoms with van der Waals surface area (Å²) in [5, 5.41) is 9.15. The predicted molar refractivity (Wildman–Crippen MR) is 105 cm³/mol. The molecular weight excluding hydrogens is 414 g/mol. The van der Waals surface area contributed by atoms with E-state index in [9.17, 15) is 18.0 Å². The standard InChI is InChI=1S/C16H17NO7S3/c1-2-11(15(19)20)24-12-6-4-3-5-10(12)9-13-14(18)17(16(25)26-13)7-8-27(21,22)23/h3-6,9,11H,2,7-8H2,1H3,(H,19,20)(H,21,22,23)/b13-9-. The molecule has 1 atom stereocenters. The Morgan fingerprint density at radius 2 is 2.07 bits per heavy atom. The molecule has 8 nitrogen and oxygen atoms in total. The lowest BCUT2D eigenvalue weighted by molar-refractivity contribution is -0.145. The molecule has 2 N–H and O–H groups in total. The van der Waals surface area contributed by atoms with Gasteiger partial charge < -0.3 is 9.84 Å². The van der Waals surface area contributed by atoms with Crippen LogP contribution in [0.25, 0.3) is 6.08 Å². The van der Waals surface area contributed by atoms with Gasteiger partial charge in [-0.15, -0.1) is 0 Å². The molecule has 0 spiro atoms. The number of nitrogens with zero attached hydrogens (tertiary/aromatic N) is 1. The summed E-state index contributed by atoms with van der Waals surface area (Å²) in [7, 11) is -4.22. The van der Waals surface area contributed by atoms with Gasteiger partial charge in [-0.2, -0.15) is 8.42 Å². The number of rotatable bonds is 8. The lowest BCUT2D eigenvalue weighted by Gasteiger charge is -2.15. The van der Waals surface area contributed by atoms with Crippen LogP contribution in [0.1, 0.15) is 18.9 Å². The minimum absolute atomic E-state index is 0.172. The number of ether oxygens (including phenoxy) is 1. The van der Waals surface area contributed by atoms with Crippen LogP contribution in [0.2, 0.25) is 0 Å². The summed E-state index contributed by atoms with van der Waals surface area (Å²) >= 11 is 6.08. The molecule has 1 saturated heterocycles. The van der Waals surface area contributed by atoms with E-state index in [4.69, 9.17) is 26.6 Å². The van der Waals surface area contributed by atoms with Crippen molar-refractivity contribution >= 4 is 56.4 Å². The Morgan fingerprint density at radius 3 is 2.67 bits per heavy atom. The molecule has 146 valence electrons. The Kier molecular flexibility index (Phi) is 6.98. The van der Waals surface area contributed by atoms with Crippen LogP contribution >= 0.6 is 24.0 Å². The van der Waals surface area contributed by atoms with Crippen molar-refractivity contribution in [3.63, 3.8) is 0 Å². The number of thiocarbonyl (C=S) groups is 1. The van der Waals surface area contributed by atoms with Crippen LogP contribution < -0.4 is 4.74 Å². The lowest BCUT2D eigenvalue weighted by atomic mass is 10.1. The SMILES string of the molecule is CCC(Oc1ccccc1/C=C1\SC(=S)N(CCS(=O)(=O)O)C1=O)C(=O)O. The van der Waals surface area contributed by atoms with Gasteiger partial charge in [-0.3, -0.25) is 14.2 Å². The first kappa shape index (κ1) is 21.4. The molecule has 11 heteroatoms. The fourth-order valence-corrected chi connectivity index (χ4v) is 3.92. The zero-order chi connectivity index (χ0) is 20.2. The van der Waals surface area contributed by atoms with Gasteiger partial charge in [0.1, 0.15) is 10.1 Å². The van der Waals surface area contributed by atoms with E-state index in [0.29, 0.717) is 11.3 Å². The van der Waals surface area contributed by atoms with Crippen molar-refractivity contribution in [3.05, 3.63) is 34.7 Å². The maximum absolute atomic E-state index is 12.5. The summed E-state index contributed by atoms with van der Waals surface area (Å²) in [6, 6.07) is 6.64. The Hall–Kier alpha value is -1.95. The quantitative estimate of drug-likeness (QED) is 0.362. The summed E-state index contributed by atoms with van der Waals surface area (Å²) in [6.45, 7) is 1.43. The number of hydrogen-bond acceptors (Lipinski definition) is 7. The van der Waals surface area contributed by atoms with Crippen LogP contribution in [0.4, 0.5) is 0 Å². The number of aliphatic carboxylic acids is 1. The van der Waals surface area contributed by atoms with Gasteiger partial charge in [0.15, 0.2) is 6.10 Å². The highest BCUT2D eigenvalue weighted by Crippen LogP contribution is 2.34. The number of carbonyl (C=O) groups is 2. The van der Waals surface area contributed by atoms with Crippen molar-refractivity contribution in [2.24, 2.45) is 0 Å². The fourth-order valence-electron chi connectivity index (χ4n) is 2.21. The second-order valence-corrected chi connectivity index (χ2v) is 8.76. The van der Waals surface area contributed by atoms with Crippen molar-refractivity contribution in [2.75, 3.05) is 12.3 Å². The zero-order valence-corrected chi connectivity index (χ0v) is 16.6. The highest BCUT2D eigenvalue weighted by molar-refractivity contribution is 8.26. The average Bonchev–Trinajstić information content (AvgIpc) is 2.84. The number of carboxylic acids is 1. The number of thioether (sulfide) groups is 1. The van der Waals surface area contributed by atoms with Gasteiger partial charge in [-0.05, 0) is 18.6 Å². The molecule has 1 aliphatic rings. The van der Waals surface area contributed by atoms with Gasteiger partial charge in [0.25, 0.3) is 16.0 Å². The molecule has 1 amide bonds. The first-order chi connectivity index (χ1) is 12.6. The molecule has 1 heterocycles. The van der Waals surface area contributed by atoms with E-state index in [1.165, 1.54) is 6.08 Å². The van der Waals surface area contributed by atoms with E-state index in [1.54, 1.807) is 31.2 Å². The first-order valence-electron chi connectivity index (χ1n) is 7.81. The maximum atomic E-state index is 12.5. The smallest absolute Gasteiger partial charge is 0.344 e. The summed E-state index contributed by atoms with van der Waals surface area (Å²) in [6.07, 6.45) is 0.752. The number of amides is 1. The molecule has 2 rings (SSSR count). The second-order valence-electron chi connectivity index (χ2n) is 5.51. The topological polar surface area (TPSA) is 121 Å². The minimum atomic E-state index is -4.22. The predicted octanol–water partition coefficient (Wildman–Crippen LogP) is 2.02. The third-order valence-corrected chi connectivity index (χ3v) is 5.64. The van der Waals surface area contributed by atoms with Crippen molar-refractivity contribution in [3.8, 4) is 5.75 Å². The van der Waals surface area contributed by atoms with Gasteiger partial charge >= 0.3 is 5.97 Å². The first-order valence-corrected chi connectivity index (χ1v) is 10.6. The van der Waals surface area contributed by atoms with Crippen LogP contribution in [0, 0.1) is 0 Å². The number of carbonyl (C=O) groups excluding carboxylic acids is 1. The molecule has 27 heavy (non-hydrogen) atoms. The van der Waals surface area contributed by atoms with E-state index in [-0.39, 0.29) is 22.2 Å². The van der Waals surface area contributed by atoms with Gasteiger partial charge in [-0.1, -0.05) is 49.1 Å². The molecule has 0 saturated carbocycles. The molecule has 0 aromatic heterocycles. The van der Waals surface area contributed by atoms with Gasteiger partial charge in [-0.25, -0.2) is 4.79 Å². The van der Waals surface area contributed by atoms with Crippen LogP contribution in [0.3, 0.4) is 0 Å². The number of carboxylic acid groups (broad SMARTS) is 1. The Balaban J connectivity index is 2.25. The second kappa shape index (κ2) is 8.83. The summed E-state index contributed by atoms with van der Waals surface area (Å²) < 4.78 is 36.3. The molecule has 0 radical (unpaired) electrons. The molecule has 0 aliphatic carbocycles. The Labute approximate surface area is 165 Å². The van der Waals surface area contributed by atoms with Crippen LogP contribution in [0.5, 0.6) is 5.75 Å². The van der Waals surface area contributed by atoms with E-state index in [1.807, 2.05) is 0 Å². The van der Waals surface area contributed by atoms with Crippen molar-refractivity contribution in [1.82, 2.24) is 4.90 Å². The highest BCUT2D eigenvalue weighted by Gasteiger charge is 2.32. The van der Waals surface area contributed by atoms with Crippen molar-refractivity contribution in [1.29, 1.82) is 0 Å². The Bertz CT molecular complexity index is 895. The number of benzene rings is 1. The van der Waals surface area contributed by atoms with Crippen LogP contribution in [0.15, 0.2) is 29.2 Å². The van der Waals surface area contributed by atoms with Crippen LogP contribution in [-0.4, -0.2) is 57.6 Å². The molecule has 1 fully saturated rings. The van der Waals surface area contributed by atoms with E-state index in [2.05, 4.69) is 0 Å². The summed E-state index contributed by atoms with van der Waals surface area (Å²) in [5.41, 5.74) is 0.493. The minimum Gasteiger partial charge on any atom is -0.479 e. The third-order valence-electron chi connectivity index (χ3n) is 3.57. The van der Waals surface area contributed by atoms with E-state index >= 15 is 0 Å². The molecule has 1 aliphatic heterocycles. The zero-order valence-electron chi connectivity index (χ0n) is 14.2. The molecule has 1 aromatic rings. The normalized spacial score (nSPS) is 17.4. The fraction of sp³-hybridized carbons (Fsp3) is 0.312.